The van der Waals surface area contributed by atoms with Crippen LogP contribution in [0.5, 0.6) is 0 Å². The smallest absolute Gasteiger partial charge is 0.211 e. The van der Waals surface area contributed by atoms with Crippen molar-refractivity contribution in [3.05, 3.63) is 23.2 Å². The number of halogens is 4. The molecule has 0 radical (unpaired) electrons. The van der Waals surface area contributed by atoms with Crippen molar-refractivity contribution in [2.45, 2.75) is 10.4 Å². The third-order valence-electron chi connectivity index (χ3n) is 1.32. The number of thioether (sulfide) groups is 1. The Morgan fingerprint density at radius 2 is 2.07 bits per heavy atom. The highest BCUT2D eigenvalue weighted by atomic mass is 35.5. The first-order valence-electron chi connectivity index (χ1n) is 3.55. The fourth-order valence-electron chi connectivity index (χ4n) is 0.824. The van der Waals surface area contributed by atoms with Gasteiger partial charge in [0.25, 0.3) is 0 Å². The summed E-state index contributed by atoms with van der Waals surface area (Å²) in [6, 6.07) is 3.52. The van der Waals surface area contributed by atoms with Gasteiger partial charge in [-0.15, -0.1) is 0 Å². The van der Waals surface area contributed by atoms with Crippen LogP contribution in [0.4, 0.5) is 18.9 Å². The van der Waals surface area contributed by atoms with Crippen LogP contribution in [0.3, 0.4) is 0 Å². The van der Waals surface area contributed by atoms with E-state index in [1.54, 1.807) is 0 Å². The average Bonchev–Trinajstić information content (AvgIpc) is 2.09. The van der Waals surface area contributed by atoms with E-state index in [0.29, 0.717) is 0 Å². The number of hydrogen-bond acceptors (Lipinski definition) is 3. The lowest BCUT2D eigenvalue weighted by atomic mass is 10.3. The van der Waals surface area contributed by atoms with Crippen LogP contribution >= 0.6 is 23.4 Å². The second-order valence-electron chi connectivity index (χ2n) is 2.36. The van der Waals surface area contributed by atoms with Gasteiger partial charge in [-0.2, -0.15) is 18.2 Å². The topological polar surface area (TPSA) is 29.4 Å². The number of isocyanates is 1. The first kappa shape index (κ1) is 12.1. The van der Waals surface area contributed by atoms with Gasteiger partial charge in [0.15, 0.2) is 0 Å². The van der Waals surface area contributed by atoms with Crippen LogP contribution < -0.4 is 0 Å². The summed E-state index contributed by atoms with van der Waals surface area (Å²) in [5.41, 5.74) is -4.41. The summed E-state index contributed by atoms with van der Waals surface area (Å²) in [6.07, 6.45) is 1.21. The van der Waals surface area contributed by atoms with Gasteiger partial charge in [-0.1, -0.05) is 11.6 Å². The highest BCUT2D eigenvalue weighted by Crippen LogP contribution is 2.39. The van der Waals surface area contributed by atoms with Crippen LogP contribution in [-0.4, -0.2) is 11.6 Å². The lowest BCUT2D eigenvalue weighted by Crippen LogP contribution is -1.98. The van der Waals surface area contributed by atoms with Crippen molar-refractivity contribution in [3.63, 3.8) is 0 Å². The number of carbonyl (C=O) groups excluding carboxylic acids is 1. The molecule has 7 heteroatoms. The molecule has 0 saturated carbocycles. The third-order valence-corrected chi connectivity index (χ3v) is 2.36. The number of hydrogen-bond donors (Lipinski definition) is 0. The van der Waals surface area contributed by atoms with Crippen LogP contribution in [0.15, 0.2) is 28.1 Å². The number of nitrogens with zero attached hydrogens (tertiary/aromatic N) is 1. The average molecular weight is 254 g/mol. The molecule has 0 aliphatic rings. The monoisotopic (exact) mass is 253 g/mol. The van der Waals surface area contributed by atoms with Crippen LogP contribution in [-0.2, 0) is 4.79 Å². The quantitative estimate of drug-likeness (QED) is 0.454. The summed E-state index contributed by atoms with van der Waals surface area (Å²) in [7, 11) is 0. The summed E-state index contributed by atoms with van der Waals surface area (Å²) in [5.74, 6) is 0. The summed E-state index contributed by atoms with van der Waals surface area (Å²) in [5, 5.41) is 0.102. The van der Waals surface area contributed by atoms with E-state index in [2.05, 4.69) is 4.99 Å². The van der Waals surface area contributed by atoms with E-state index in [9.17, 15) is 18.0 Å². The lowest BCUT2D eigenvalue weighted by molar-refractivity contribution is -0.0328. The zero-order chi connectivity index (χ0) is 11.5. The van der Waals surface area contributed by atoms with Gasteiger partial charge in [0.2, 0.25) is 6.08 Å². The van der Waals surface area contributed by atoms with Gasteiger partial charge in [0, 0.05) is 4.90 Å². The molecule has 0 unspecified atom stereocenters. The molecule has 2 nitrogen and oxygen atoms in total. The molecule has 1 aromatic rings. The molecule has 0 aliphatic heterocycles. The highest BCUT2D eigenvalue weighted by molar-refractivity contribution is 8.00. The Morgan fingerprint density at radius 1 is 1.40 bits per heavy atom. The zero-order valence-corrected chi connectivity index (χ0v) is 8.58. The first-order valence-corrected chi connectivity index (χ1v) is 4.75. The number of alkyl halides is 3. The molecule has 0 N–H and O–H groups in total. The standard InChI is InChI=1S/C8H3ClF3NOS/c9-6-2-1-5(15-8(10,11)12)3-7(6)13-4-14/h1-3H. The summed E-state index contributed by atoms with van der Waals surface area (Å²) in [6.45, 7) is 0. The Morgan fingerprint density at radius 3 is 2.60 bits per heavy atom. The summed E-state index contributed by atoms with van der Waals surface area (Å²) in [4.78, 5) is 13.0. The van der Waals surface area contributed by atoms with Gasteiger partial charge in [-0.05, 0) is 30.0 Å². The molecule has 1 aromatic carbocycles. The molecule has 0 amide bonds. The summed E-state index contributed by atoms with van der Waals surface area (Å²) < 4.78 is 35.9. The van der Waals surface area contributed by atoms with Crippen molar-refractivity contribution in [1.29, 1.82) is 0 Å². The van der Waals surface area contributed by atoms with E-state index in [4.69, 9.17) is 11.6 Å². The minimum atomic E-state index is -4.38. The van der Waals surface area contributed by atoms with Gasteiger partial charge < -0.3 is 0 Å². The Bertz CT molecular complexity index is 415. The largest absolute Gasteiger partial charge is 0.446 e. The second kappa shape index (κ2) is 4.70. The molecule has 0 saturated heterocycles. The number of rotatable bonds is 2. The molecule has 80 valence electrons. The molecule has 0 spiro atoms. The van der Waals surface area contributed by atoms with Crippen molar-refractivity contribution in [2.24, 2.45) is 4.99 Å². The molecular weight excluding hydrogens is 251 g/mol. The van der Waals surface area contributed by atoms with E-state index in [-0.39, 0.29) is 27.4 Å². The maximum absolute atomic E-state index is 12.0. The van der Waals surface area contributed by atoms with Gasteiger partial charge >= 0.3 is 5.51 Å². The minimum Gasteiger partial charge on any atom is -0.211 e. The predicted molar refractivity (Wildman–Crippen MR) is 51.1 cm³/mol. The predicted octanol–water partition coefficient (Wildman–Crippen LogP) is 3.92. The summed E-state index contributed by atoms with van der Waals surface area (Å²) >= 11 is 5.28. The molecule has 15 heavy (non-hydrogen) atoms. The molecule has 1 rings (SSSR count). The van der Waals surface area contributed by atoms with Gasteiger partial charge in [0.1, 0.15) is 0 Å². The van der Waals surface area contributed by atoms with Crippen LogP contribution in [0.2, 0.25) is 5.02 Å². The zero-order valence-electron chi connectivity index (χ0n) is 7.01. The van der Waals surface area contributed by atoms with Crippen molar-refractivity contribution in [3.8, 4) is 0 Å². The maximum atomic E-state index is 12.0. The molecule has 0 bridgehead atoms. The molecule has 0 aliphatic carbocycles. The molecule has 0 atom stereocenters. The van der Waals surface area contributed by atoms with Gasteiger partial charge in [0.05, 0.1) is 10.7 Å². The van der Waals surface area contributed by atoms with E-state index < -0.39 is 5.51 Å². The van der Waals surface area contributed by atoms with Crippen molar-refractivity contribution in [2.75, 3.05) is 0 Å². The lowest BCUT2D eigenvalue weighted by Gasteiger charge is -2.05. The molecular formula is C8H3ClF3NOS. The second-order valence-corrected chi connectivity index (χ2v) is 3.91. The van der Waals surface area contributed by atoms with Crippen molar-refractivity contribution >= 4 is 35.1 Å². The van der Waals surface area contributed by atoms with Gasteiger partial charge in [-0.3, -0.25) is 0 Å². The number of aliphatic imine (C=N–C) groups is 1. The maximum Gasteiger partial charge on any atom is 0.446 e. The fraction of sp³-hybridized carbons (Fsp3) is 0.125. The van der Waals surface area contributed by atoms with Crippen LogP contribution in [0.1, 0.15) is 0 Å². The SMILES string of the molecule is O=C=Nc1cc(SC(F)(F)F)ccc1Cl. The fourth-order valence-corrected chi connectivity index (χ4v) is 1.56. The third kappa shape index (κ3) is 3.95. The Kier molecular flexibility index (Phi) is 3.79. The van der Waals surface area contributed by atoms with Crippen LogP contribution in [0, 0.1) is 0 Å². The Balaban J connectivity index is 3.02. The minimum absolute atomic E-state index is 0.0269. The first-order chi connectivity index (χ1) is 6.92. The highest BCUT2D eigenvalue weighted by Gasteiger charge is 2.29. The Labute approximate surface area is 92.1 Å². The van der Waals surface area contributed by atoms with E-state index in [1.165, 1.54) is 18.2 Å². The molecule has 0 heterocycles. The Hall–Kier alpha value is -0.970. The normalized spacial score (nSPS) is 10.9. The van der Waals surface area contributed by atoms with E-state index in [1.807, 2.05) is 0 Å². The number of benzene rings is 1. The van der Waals surface area contributed by atoms with E-state index in [0.717, 1.165) is 6.07 Å². The molecule has 0 aromatic heterocycles. The molecule has 0 fully saturated rings. The van der Waals surface area contributed by atoms with Gasteiger partial charge in [-0.25, -0.2) is 4.79 Å². The van der Waals surface area contributed by atoms with Crippen LogP contribution in [0.25, 0.3) is 0 Å². The van der Waals surface area contributed by atoms with E-state index >= 15 is 0 Å². The van der Waals surface area contributed by atoms with Crippen molar-refractivity contribution < 1.29 is 18.0 Å². The van der Waals surface area contributed by atoms with Crippen molar-refractivity contribution in [1.82, 2.24) is 0 Å².